The monoisotopic (exact) mass is 294 g/mol. The molecule has 0 bridgehead atoms. The van der Waals surface area contributed by atoms with Crippen molar-refractivity contribution in [1.29, 1.82) is 0 Å². The van der Waals surface area contributed by atoms with Gasteiger partial charge in [-0.3, -0.25) is 0 Å². The lowest BCUT2D eigenvalue weighted by Crippen LogP contribution is -2.56. The second-order valence-electron chi connectivity index (χ2n) is 4.37. The molecule has 1 saturated heterocycles. The topological polar surface area (TPSA) is 49.4 Å². The Hall–Kier alpha value is -1.28. The standard InChI is InChI=1S/C11H13F3N2O2S/c1-16(9-6-15-7-9)8-2-4-10(5-3-8)19(17,18)11(12,13)14/h2-5,9,15H,6-7H2,1H3. The van der Waals surface area contributed by atoms with Crippen molar-refractivity contribution in [1.82, 2.24) is 5.32 Å². The van der Waals surface area contributed by atoms with Gasteiger partial charge < -0.3 is 10.2 Å². The van der Waals surface area contributed by atoms with Gasteiger partial charge >= 0.3 is 5.51 Å². The van der Waals surface area contributed by atoms with Crippen LogP contribution in [0.2, 0.25) is 0 Å². The van der Waals surface area contributed by atoms with Gasteiger partial charge in [0.15, 0.2) is 0 Å². The molecule has 2 rings (SSSR count). The first-order valence-corrected chi connectivity index (χ1v) is 7.07. The minimum Gasteiger partial charge on any atom is -0.369 e. The van der Waals surface area contributed by atoms with E-state index in [1.807, 2.05) is 11.9 Å². The third kappa shape index (κ3) is 2.55. The fraction of sp³-hybridized carbons (Fsp3) is 0.455. The summed E-state index contributed by atoms with van der Waals surface area (Å²) in [5.41, 5.74) is -4.58. The maximum absolute atomic E-state index is 12.4. The van der Waals surface area contributed by atoms with Gasteiger partial charge in [-0.15, -0.1) is 0 Å². The average molecular weight is 294 g/mol. The van der Waals surface area contributed by atoms with E-state index in [-0.39, 0.29) is 6.04 Å². The normalized spacial score (nSPS) is 17.1. The predicted octanol–water partition coefficient (Wildman–Crippen LogP) is 1.39. The Balaban J connectivity index is 2.23. The summed E-state index contributed by atoms with van der Waals surface area (Å²) in [5.74, 6) is 0. The van der Waals surface area contributed by atoms with Gasteiger partial charge in [-0.25, -0.2) is 8.42 Å². The minimum atomic E-state index is -5.27. The molecule has 1 aliphatic heterocycles. The summed E-state index contributed by atoms with van der Waals surface area (Å²) in [6.07, 6.45) is 0. The highest BCUT2D eigenvalue weighted by Crippen LogP contribution is 2.31. The Morgan fingerprint density at radius 3 is 2.11 bits per heavy atom. The molecule has 1 aromatic carbocycles. The summed E-state index contributed by atoms with van der Waals surface area (Å²) >= 11 is 0. The van der Waals surface area contributed by atoms with E-state index in [1.165, 1.54) is 12.1 Å². The maximum Gasteiger partial charge on any atom is 0.501 e. The van der Waals surface area contributed by atoms with Crippen LogP contribution in [0, 0.1) is 0 Å². The minimum absolute atomic E-state index is 0.282. The van der Waals surface area contributed by atoms with Crippen molar-refractivity contribution in [3.63, 3.8) is 0 Å². The Kier molecular flexibility index (Phi) is 3.48. The number of anilines is 1. The lowest BCUT2D eigenvalue weighted by molar-refractivity contribution is -0.0436. The molecule has 106 valence electrons. The average Bonchev–Trinajstić information content (AvgIpc) is 2.25. The Morgan fingerprint density at radius 1 is 1.21 bits per heavy atom. The molecular weight excluding hydrogens is 281 g/mol. The van der Waals surface area contributed by atoms with E-state index in [1.54, 1.807) is 0 Å². The number of sulfone groups is 1. The van der Waals surface area contributed by atoms with E-state index < -0.39 is 20.2 Å². The molecule has 0 saturated carbocycles. The molecule has 0 aromatic heterocycles. The second kappa shape index (κ2) is 4.68. The van der Waals surface area contributed by atoms with Crippen LogP contribution in [0.1, 0.15) is 0 Å². The predicted molar refractivity (Wildman–Crippen MR) is 64.7 cm³/mol. The molecule has 0 radical (unpaired) electrons. The van der Waals surface area contributed by atoms with E-state index in [0.29, 0.717) is 5.69 Å². The van der Waals surface area contributed by atoms with Gasteiger partial charge in [-0.2, -0.15) is 13.2 Å². The quantitative estimate of drug-likeness (QED) is 0.915. The second-order valence-corrected chi connectivity index (χ2v) is 6.31. The van der Waals surface area contributed by atoms with E-state index in [0.717, 1.165) is 25.2 Å². The Labute approximate surface area is 109 Å². The number of hydrogen-bond donors (Lipinski definition) is 1. The first-order valence-electron chi connectivity index (χ1n) is 5.58. The highest BCUT2D eigenvalue weighted by molar-refractivity contribution is 7.92. The molecule has 0 aliphatic carbocycles. The van der Waals surface area contributed by atoms with Crippen molar-refractivity contribution >= 4 is 15.5 Å². The highest BCUT2D eigenvalue weighted by Gasteiger charge is 2.46. The summed E-state index contributed by atoms with van der Waals surface area (Å²) in [7, 11) is -3.44. The third-order valence-electron chi connectivity index (χ3n) is 3.17. The smallest absolute Gasteiger partial charge is 0.369 e. The van der Waals surface area contributed by atoms with Crippen molar-refractivity contribution in [2.75, 3.05) is 25.0 Å². The van der Waals surface area contributed by atoms with Crippen molar-refractivity contribution < 1.29 is 21.6 Å². The van der Waals surface area contributed by atoms with Crippen molar-refractivity contribution in [3.05, 3.63) is 24.3 Å². The Bertz CT molecular complexity index is 550. The van der Waals surface area contributed by atoms with E-state index in [2.05, 4.69) is 5.32 Å². The number of hydrogen-bond acceptors (Lipinski definition) is 4. The van der Waals surface area contributed by atoms with Gasteiger partial charge in [0.1, 0.15) is 0 Å². The summed E-state index contributed by atoms with van der Waals surface area (Å²) in [5, 5.41) is 3.08. The van der Waals surface area contributed by atoms with E-state index >= 15 is 0 Å². The SMILES string of the molecule is CN(c1ccc(S(=O)(=O)C(F)(F)F)cc1)C1CNC1. The van der Waals surface area contributed by atoms with Gasteiger partial charge in [0, 0.05) is 25.8 Å². The number of likely N-dealkylation sites (N-methyl/N-ethyl adjacent to an activating group) is 1. The summed E-state index contributed by atoms with van der Waals surface area (Å²) in [4.78, 5) is 1.17. The van der Waals surface area contributed by atoms with Crippen LogP contribution in [0.15, 0.2) is 29.2 Å². The zero-order valence-electron chi connectivity index (χ0n) is 10.1. The summed E-state index contributed by atoms with van der Waals surface area (Å²) in [6.45, 7) is 1.61. The zero-order valence-corrected chi connectivity index (χ0v) is 10.9. The molecule has 19 heavy (non-hydrogen) atoms. The molecule has 0 unspecified atom stereocenters. The number of halogens is 3. The van der Waals surface area contributed by atoms with Crippen LogP contribution in [0.5, 0.6) is 0 Å². The lowest BCUT2D eigenvalue weighted by atomic mass is 10.1. The molecule has 4 nitrogen and oxygen atoms in total. The number of nitrogens with one attached hydrogen (secondary N) is 1. The molecule has 1 aromatic rings. The fourth-order valence-electron chi connectivity index (χ4n) is 1.75. The van der Waals surface area contributed by atoms with Gasteiger partial charge in [0.25, 0.3) is 9.84 Å². The van der Waals surface area contributed by atoms with Gasteiger partial charge in [0.2, 0.25) is 0 Å². The third-order valence-corrected chi connectivity index (χ3v) is 4.67. The van der Waals surface area contributed by atoms with Crippen molar-refractivity contribution in [2.45, 2.75) is 16.4 Å². The molecular formula is C11H13F3N2O2S. The summed E-state index contributed by atoms with van der Waals surface area (Å²) < 4.78 is 59.5. The molecule has 0 amide bonds. The van der Waals surface area contributed by atoms with E-state index in [4.69, 9.17) is 0 Å². The van der Waals surface area contributed by atoms with Crippen LogP contribution < -0.4 is 10.2 Å². The van der Waals surface area contributed by atoms with Gasteiger partial charge in [-0.05, 0) is 24.3 Å². The molecule has 8 heteroatoms. The van der Waals surface area contributed by atoms with Crippen molar-refractivity contribution in [3.8, 4) is 0 Å². The summed E-state index contributed by atoms with van der Waals surface area (Å²) in [6, 6.07) is 5.03. The number of benzene rings is 1. The van der Waals surface area contributed by atoms with E-state index in [9.17, 15) is 21.6 Å². The van der Waals surface area contributed by atoms with Crippen LogP contribution in [-0.2, 0) is 9.84 Å². The van der Waals surface area contributed by atoms with Gasteiger partial charge in [-0.1, -0.05) is 0 Å². The lowest BCUT2D eigenvalue weighted by Gasteiger charge is -2.37. The molecule has 1 fully saturated rings. The first-order chi connectivity index (χ1) is 8.73. The van der Waals surface area contributed by atoms with Crippen LogP contribution in [0.4, 0.5) is 18.9 Å². The zero-order chi connectivity index (χ0) is 14.3. The fourth-order valence-corrected chi connectivity index (χ4v) is 2.51. The molecule has 0 atom stereocenters. The molecule has 1 N–H and O–H groups in total. The molecule has 1 heterocycles. The van der Waals surface area contributed by atoms with Crippen LogP contribution in [0.25, 0.3) is 0 Å². The first kappa shape index (κ1) is 14.1. The highest BCUT2D eigenvalue weighted by atomic mass is 32.2. The maximum atomic E-state index is 12.4. The van der Waals surface area contributed by atoms with Crippen LogP contribution >= 0.6 is 0 Å². The van der Waals surface area contributed by atoms with Crippen LogP contribution in [0.3, 0.4) is 0 Å². The number of rotatable bonds is 3. The number of nitrogens with zero attached hydrogens (tertiary/aromatic N) is 1. The Morgan fingerprint density at radius 2 is 1.74 bits per heavy atom. The largest absolute Gasteiger partial charge is 0.501 e. The molecule has 0 spiro atoms. The van der Waals surface area contributed by atoms with Crippen LogP contribution in [-0.4, -0.2) is 40.1 Å². The molecule has 1 aliphatic rings. The van der Waals surface area contributed by atoms with Crippen molar-refractivity contribution in [2.24, 2.45) is 0 Å². The number of alkyl halides is 3. The van der Waals surface area contributed by atoms with Gasteiger partial charge in [0.05, 0.1) is 10.9 Å².